The lowest BCUT2D eigenvalue weighted by molar-refractivity contribution is -0.119. The van der Waals surface area contributed by atoms with E-state index in [0.717, 1.165) is 0 Å². The number of rotatable bonds is 4. The van der Waals surface area contributed by atoms with Crippen molar-refractivity contribution in [3.05, 3.63) is 29.3 Å². The van der Waals surface area contributed by atoms with Gasteiger partial charge in [-0.3, -0.25) is 9.69 Å². The van der Waals surface area contributed by atoms with Gasteiger partial charge in [0.25, 0.3) is 0 Å². The Morgan fingerprint density at radius 2 is 1.92 bits per heavy atom. The number of nitrogens with zero attached hydrogens (tertiary/aromatic N) is 1. The number of ether oxygens (including phenoxy) is 1. The predicted octanol–water partition coefficient (Wildman–Crippen LogP) is 1.88. The molecule has 8 heteroatoms. The van der Waals surface area contributed by atoms with Gasteiger partial charge in [0.15, 0.2) is 0 Å². The third-order valence-electron chi connectivity index (χ3n) is 5.75. The van der Waals surface area contributed by atoms with E-state index < -0.39 is 23.8 Å². The van der Waals surface area contributed by atoms with Gasteiger partial charge in [-0.05, 0) is 42.7 Å². The molecular formula is C18H21F2N3O3. The average Bonchev–Trinajstić information content (AvgIpc) is 2.93. The van der Waals surface area contributed by atoms with Gasteiger partial charge in [0, 0.05) is 18.5 Å². The first-order valence-electron chi connectivity index (χ1n) is 8.82. The Labute approximate surface area is 149 Å². The molecule has 1 aromatic rings. The van der Waals surface area contributed by atoms with Gasteiger partial charge in [-0.1, -0.05) is 0 Å². The summed E-state index contributed by atoms with van der Waals surface area (Å²) in [4.78, 5) is 24.2. The summed E-state index contributed by atoms with van der Waals surface area (Å²) in [5.74, 6) is -0.925. The maximum absolute atomic E-state index is 14.6. The van der Waals surface area contributed by atoms with Crippen molar-refractivity contribution in [1.82, 2.24) is 5.32 Å². The molecule has 4 rings (SSSR count). The van der Waals surface area contributed by atoms with E-state index in [1.165, 1.54) is 24.0 Å². The Hall–Kier alpha value is -2.22. The fourth-order valence-corrected chi connectivity index (χ4v) is 4.34. The molecule has 0 spiro atoms. The summed E-state index contributed by atoms with van der Waals surface area (Å²) in [5, 5.41) is 2.56. The predicted molar refractivity (Wildman–Crippen MR) is 89.6 cm³/mol. The number of nitrogens with two attached hydrogens (primary N) is 1. The number of cyclic esters (lactones) is 1. The van der Waals surface area contributed by atoms with Crippen molar-refractivity contribution >= 4 is 17.7 Å². The minimum absolute atomic E-state index is 0.0931. The van der Waals surface area contributed by atoms with E-state index in [4.69, 9.17) is 10.5 Å². The van der Waals surface area contributed by atoms with Crippen molar-refractivity contribution < 1.29 is 23.1 Å². The van der Waals surface area contributed by atoms with Gasteiger partial charge < -0.3 is 15.8 Å². The topological polar surface area (TPSA) is 84.7 Å². The van der Waals surface area contributed by atoms with Crippen LogP contribution in [0.3, 0.4) is 0 Å². The van der Waals surface area contributed by atoms with Gasteiger partial charge in [0.05, 0.1) is 18.8 Å². The molecule has 2 aliphatic carbocycles. The van der Waals surface area contributed by atoms with Gasteiger partial charge in [0.1, 0.15) is 17.7 Å². The molecule has 2 amide bonds. The lowest BCUT2D eigenvalue weighted by Gasteiger charge is -2.19. The summed E-state index contributed by atoms with van der Waals surface area (Å²) in [6.45, 7) is 1.64. The first kappa shape index (κ1) is 17.2. The van der Waals surface area contributed by atoms with E-state index in [2.05, 4.69) is 5.32 Å². The monoisotopic (exact) mass is 365 g/mol. The highest BCUT2D eigenvalue weighted by Crippen LogP contribution is 2.57. The average molecular weight is 365 g/mol. The van der Waals surface area contributed by atoms with E-state index >= 15 is 0 Å². The molecule has 3 fully saturated rings. The van der Waals surface area contributed by atoms with Gasteiger partial charge in [-0.15, -0.1) is 0 Å². The van der Waals surface area contributed by atoms with Crippen LogP contribution in [0.4, 0.5) is 19.3 Å². The van der Waals surface area contributed by atoms with E-state index in [1.54, 1.807) is 0 Å². The van der Waals surface area contributed by atoms with Crippen molar-refractivity contribution in [2.45, 2.75) is 37.8 Å². The molecule has 26 heavy (non-hydrogen) atoms. The van der Waals surface area contributed by atoms with E-state index in [0.29, 0.717) is 24.7 Å². The Morgan fingerprint density at radius 3 is 2.50 bits per heavy atom. The molecule has 3 aliphatic rings. The molecule has 0 aromatic heterocycles. The fourth-order valence-electron chi connectivity index (χ4n) is 4.34. The fraction of sp³-hybridized carbons (Fsp3) is 0.556. The van der Waals surface area contributed by atoms with E-state index in [-0.39, 0.29) is 42.2 Å². The number of halogens is 2. The maximum Gasteiger partial charge on any atom is 0.414 e. The summed E-state index contributed by atoms with van der Waals surface area (Å²) in [7, 11) is 0. The number of hydrogen-bond acceptors (Lipinski definition) is 4. The second-order valence-electron chi connectivity index (χ2n) is 7.45. The molecule has 1 aliphatic heterocycles. The van der Waals surface area contributed by atoms with Crippen LogP contribution in [0.2, 0.25) is 0 Å². The van der Waals surface area contributed by atoms with Crippen LogP contribution in [-0.4, -0.2) is 37.2 Å². The minimum Gasteiger partial charge on any atom is -0.442 e. The molecule has 0 radical (unpaired) electrons. The quantitative estimate of drug-likeness (QED) is 0.853. The molecule has 3 atom stereocenters. The van der Waals surface area contributed by atoms with Gasteiger partial charge >= 0.3 is 6.09 Å². The summed E-state index contributed by atoms with van der Waals surface area (Å²) in [6.07, 6.45) is 0.188. The molecule has 6 nitrogen and oxygen atoms in total. The number of carbonyl (C=O) groups is 2. The van der Waals surface area contributed by atoms with Gasteiger partial charge in [0.2, 0.25) is 5.91 Å². The zero-order valence-corrected chi connectivity index (χ0v) is 14.4. The second kappa shape index (κ2) is 6.19. The summed E-state index contributed by atoms with van der Waals surface area (Å²) in [6, 6.07) is 2.55. The molecule has 140 valence electrons. The van der Waals surface area contributed by atoms with Crippen molar-refractivity contribution in [2.75, 3.05) is 18.0 Å². The Balaban J connectivity index is 1.49. The van der Waals surface area contributed by atoms with Crippen LogP contribution in [0.25, 0.3) is 0 Å². The van der Waals surface area contributed by atoms with Crippen LogP contribution in [0.5, 0.6) is 0 Å². The van der Waals surface area contributed by atoms with E-state index in [1.807, 2.05) is 0 Å². The number of carbonyl (C=O) groups excluding carboxylic acids is 2. The van der Waals surface area contributed by atoms with Gasteiger partial charge in [-0.2, -0.15) is 0 Å². The highest BCUT2D eigenvalue weighted by atomic mass is 19.1. The minimum atomic E-state index is -0.681. The summed E-state index contributed by atoms with van der Waals surface area (Å²) >= 11 is 0. The highest BCUT2D eigenvalue weighted by molar-refractivity contribution is 5.89. The third-order valence-corrected chi connectivity index (χ3v) is 5.75. The molecule has 0 bridgehead atoms. The first-order chi connectivity index (χ1) is 12.3. The Bertz CT molecular complexity index is 737. The van der Waals surface area contributed by atoms with Crippen molar-refractivity contribution in [1.29, 1.82) is 0 Å². The smallest absolute Gasteiger partial charge is 0.414 e. The zero-order chi connectivity index (χ0) is 18.6. The number of benzene rings is 1. The molecule has 2 saturated carbocycles. The molecule has 1 aromatic carbocycles. The van der Waals surface area contributed by atoms with E-state index in [9.17, 15) is 18.4 Å². The summed E-state index contributed by atoms with van der Waals surface area (Å²) < 4.78 is 34.4. The van der Waals surface area contributed by atoms with Crippen LogP contribution < -0.4 is 16.0 Å². The standard InChI is InChI=1S/C18H21F2N3O3/c1-8(24)22-6-11-7-23(18(25)26-11)10-4-14(19)16(15(20)5-10)9-2-12-13(3-9)17(12)21/h4-5,9,11-13,17H,2-3,6-7,21H2,1H3,(H,22,24)/t9?,11-,12-,13-,17?/m0/s1. The molecule has 1 heterocycles. The number of nitrogens with one attached hydrogen (secondary N) is 1. The lowest BCUT2D eigenvalue weighted by Crippen LogP contribution is -2.33. The van der Waals surface area contributed by atoms with Crippen LogP contribution >= 0.6 is 0 Å². The van der Waals surface area contributed by atoms with Crippen molar-refractivity contribution in [2.24, 2.45) is 17.6 Å². The maximum atomic E-state index is 14.6. The van der Waals surface area contributed by atoms with Crippen LogP contribution in [0.1, 0.15) is 31.2 Å². The lowest BCUT2D eigenvalue weighted by atomic mass is 9.92. The summed E-state index contributed by atoms with van der Waals surface area (Å²) in [5.41, 5.74) is 6.11. The third kappa shape index (κ3) is 2.92. The molecular weight excluding hydrogens is 344 g/mol. The Kier molecular flexibility index (Phi) is 4.10. The zero-order valence-electron chi connectivity index (χ0n) is 14.4. The number of anilines is 1. The Morgan fingerprint density at radius 1 is 1.31 bits per heavy atom. The van der Waals surface area contributed by atoms with Crippen LogP contribution in [-0.2, 0) is 9.53 Å². The SMILES string of the molecule is CC(=O)NC[C@H]1CN(c2cc(F)c(C3C[C@@H]4C(N)[C@H]4C3)c(F)c2)C(=O)O1. The van der Waals surface area contributed by atoms with Crippen molar-refractivity contribution in [3.63, 3.8) is 0 Å². The second-order valence-corrected chi connectivity index (χ2v) is 7.45. The number of fused-ring (bicyclic) bond motifs is 1. The largest absolute Gasteiger partial charge is 0.442 e. The first-order valence-corrected chi connectivity index (χ1v) is 8.82. The van der Waals surface area contributed by atoms with Gasteiger partial charge in [-0.25, -0.2) is 13.6 Å². The van der Waals surface area contributed by atoms with Crippen molar-refractivity contribution in [3.8, 4) is 0 Å². The number of amides is 2. The molecule has 1 saturated heterocycles. The molecule has 0 unspecified atom stereocenters. The van der Waals surface area contributed by atoms with Crippen LogP contribution in [0.15, 0.2) is 12.1 Å². The highest BCUT2D eigenvalue weighted by Gasteiger charge is 2.54. The molecule has 3 N–H and O–H groups in total. The normalized spacial score (nSPS) is 30.3. The van der Waals surface area contributed by atoms with Crippen LogP contribution in [0, 0.1) is 23.5 Å². The number of hydrogen-bond donors (Lipinski definition) is 2.